The second kappa shape index (κ2) is 6.43. The molecule has 0 unspecified atom stereocenters. The Bertz CT molecular complexity index is 1030. The van der Waals surface area contributed by atoms with Gasteiger partial charge in [-0.3, -0.25) is 18.9 Å². The molecule has 0 saturated heterocycles. The third-order valence-corrected chi connectivity index (χ3v) is 3.48. The zero-order chi connectivity index (χ0) is 18.9. The van der Waals surface area contributed by atoms with E-state index in [9.17, 15) is 24.3 Å². The highest BCUT2D eigenvalue weighted by atomic mass is 16.4. The SMILES string of the molecule is Cn1c(O)c(C=Nc2cc(C(=O)O)ccc2C(=O)O)c(=O)n(C)c1=O. The number of nitrogens with zero attached hydrogens (tertiary/aromatic N) is 3. The lowest BCUT2D eigenvalue weighted by atomic mass is 10.1. The first-order chi connectivity index (χ1) is 11.6. The number of aromatic carboxylic acids is 2. The minimum atomic E-state index is -1.35. The molecule has 0 bridgehead atoms. The number of rotatable bonds is 4. The Balaban J connectivity index is 2.66. The molecule has 2 rings (SSSR count). The summed E-state index contributed by atoms with van der Waals surface area (Å²) in [5.41, 5.74) is -2.64. The summed E-state index contributed by atoms with van der Waals surface area (Å²) in [6.07, 6.45) is 0.879. The van der Waals surface area contributed by atoms with Gasteiger partial charge in [-0.25, -0.2) is 14.4 Å². The molecule has 0 amide bonds. The lowest BCUT2D eigenvalue weighted by molar-refractivity contribution is 0.0682. The summed E-state index contributed by atoms with van der Waals surface area (Å²) in [5.74, 6) is -3.28. The van der Waals surface area contributed by atoms with E-state index in [1.807, 2.05) is 0 Å². The van der Waals surface area contributed by atoms with Crippen LogP contribution in [0.2, 0.25) is 0 Å². The van der Waals surface area contributed by atoms with Gasteiger partial charge in [0.25, 0.3) is 5.56 Å². The molecule has 0 fully saturated rings. The zero-order valence-corrected chi connectivity index (χ0v) is 13.1. The number of aromatic hydroxyl groups is 1. The average molecular weight is 347 g/mol. The van der Waals surface area contributed by atoms with Crippen LogP contribution in [0.5, 0.6) is 5.88 Å². The smallest absolute Gasteiger partial charge is 0.337 e. The second-order valence-corrected chi connectivity index (χ2v) is 5.04. The van der Waals surface area contributed by atoms with Gasteiger partial charge in [0, 0.05) is 20.3 Å². The Morgan fingerprint density at radius 2 is 1.72 bits per heavy atom. The number of hydrogen-bond acceptors (Lipinski definition) is 6. The Kier molecular flexibility index (Phi) is 4.54. The molecule has 0 aliphatic heterocycles. The van der Waals surface area contributed by atoms with Crippen molar-refractivity contribution in [2.24, 2.45) is 19.1 Å². The van der Waals surface area contributed by atoms with E-state index >= 15 is 0 Å². The number of carbonyl (C=O) groups is 2. The first kappa shape index (κ1) is 17.7. The number of benzene rings is 1. The van der Waals surface area contributed by atoms with Crippen LogP contribution < -0.4 is 11.2 Å². The van der Waals surface area contributed by atoms with E-state index in [2.05, 4.69) is 4.99 Å². The van der Waals surface area contributed by atoms with Crippen molar-refractivity contribution in [1.82, 2.24) is 9.13 Å². The molecular formula is C15H13N3O7. The van der Waals surface area contributed by atoms with Crippen LogP contribution in [-0.2, 0) is 14.1 Å². The second-order valence-electron chi connectivity index (χ2n) is 5.04. The van der Waals surface area contributed by atoms with Crippen molar-refractivity contribution in [2.45, 2.75) is 0 Å². The number of aliphatic imine (C=N–C) groups is 1. The van der Waals surface area contributed by atoms with E-state index in [-0.39, 0.29) is 22.4 Å². The van der Waals surface area contributed by atoms with Gasteiger partial charge < -0.3 is 15.3 Å². The lowest BCUT2D eigenvalue weighted by Crippen LogP contribution is -2.38. The summed E-state index contributed by atoms with van der Waals surface area (Å²) in [5, 5.41) is 28.1. The molecule has 0 spiro atoms. The molecule has 1 aromatic carbocycles. The molecule has 1 aromatic heterocycles. The lowest BCUT2D eigenvalue weighted by Gasteiger charge is -2.07. The van der Waals surface area contributed by atoms with Crippen molar-refractivity contribution in [2.75, 3.05) is 0 Å². The van der Waals surface area contributed by atoms with Crippen molar-refractivity contribution in [3.63, 3.8) is 0 Å². The fraction of sp³-hybridized carbons (Fsp3) is 0.133. The molecule has 0 aliphatic carbocycles. The standard InChI is InChI=1S/C15H13N3O7/c1-17-11(19)9(12(20)18(2)15(17)25)6-16-10-5-7(13(21)22)3-4-8(10)14(23)24/h3-6,19H,1-2H3,(H,21,22)(H,23,24). The van der Waals surface area contributed by atoms with E-state index in [1.54, 1.807) is 0 Å². The molecule has 3 N–H and O–H groups in total. The molecule has 1 heterocycles. The maximum absolute atomic E-state index is 12.1. The van der Waals surface area contributed by atoms with Crippen LogP contribution in [-0.4, -0.2) is 42.6 Å². The summed E-state index contributed by atoms with van der Waals surface area (Å²) < 4.78 is 1.56. The van der Waals surface area contributed by atoms with E-state index in [4.69, 9.17) is 10.2 Å². The zero-order valence-electron chi connectivity index (χ0n) is 13.1. The molecule has 0 atom stereocenters. The number of carboxylic acids is 2. The summed E-state index contributed by atoms with van der Waals surface area (Å²) in [4.78, 5) is 49.8. The van der Waals surface area contributed by atoms with Crippen molar-refractivity contribution in [3.8, 4) is 5.88 Å². The van der Waals surface area contributed by atoms with Crippen LogP contribution >= 0.6 is 0 Å². The van der Waals surface area contributed by atoms with Crippen molar-refractivity contribution < 1.29 is 24.9 Å². The third-order valence-electron chi connectivity index (χ3n) is 3.48. The average Bonchev–Trinajstić information content (AvgIpc) is 2.57. The molecule has 0 aliphatic rings. The highest BCUT2D eigenvalue weighted by Gasteiger charge is 2.15. The predicted octanol–water partition coefficient (Wildman–Crippen LogP) is -0.0634. The molecule has 2 aromatic rings. The van der Waals surface area contributed by atoms with Crippen LogP contribution in [0.15, 0.2) is 32.8 Å². The van der Waals surface area contributed by atoms with Crippen LogP contribution in [0.1, 0.15) is 26.3 Å². The van der Waals surface area contributed by atoms with Crippen molar-refractivity contribution in [1.29, 1.82) is 0 Å². The summed E-state index contributed by atoms with van der Waals surface area (Å²) in [7, 11) is 2.44. The van der Waals surface area contributed by atoms with Gasteiger partial charge in [-0.15, -0.1) is 0 Å². The summed E-state index contributed by atoms with van der Waals surface area (Å²) in [6, 6.07) is 3.19. The minimum Gasteiger partial charge on any atom is -0.494 e. The number of hydrogen-bond donors (Lipinski definition) is 3. The largest absolute Gasteiger partial charge is 0.494 e. The van der Waals surface area contributed by atoms with Gasteiger partial charge in [0.05, 0.1) is 16.8 Å². The molecule has 130 valence electrons. The predicted molar refractivity (Wildman–Crippen MR) is 86.2 cm³/mol. The molecule has 10 heteroatoms. The van der Waals surface area contributed by atoms with Crippen molar-refractivity contribution >= 4 is 23.8 Å². The van der Waals surface area contributed by atoms with Gasteiger partial charge in [0.15, 0.2) is 0 Å². The molecule has 10 nitrogen and oxygen atoms in total. The van der Waals surface area contributed by atoms with Gasteiger partial charge in [-0.2, -0.15) is 0 Å². The van der Waals surface area contributed by atoms with Crippen LogP contribution in [0.25, 0.3) is 0 Å². The fourth-order valence-corrected chi connectivity index (χ4v) is 2.06. The van der Waals surface area contributed by atoms with E-state index in [0.717, 1.165) is 33.5 Å². The summed E-state index contributed by atoms with van der Waals surface area (Å²) >= 11 is 0. The van der Waals surface area contributed by atoms with Gasteiger partial charge in [-0.05, 0) is 18.2 Å². The summed E-state index contributed by atoms with van der Waals surface area (Å²) in [6.45, 7) is 0. The Morgan fingerprint density at radius 1 is 1.08 bits per heavy atom. The van der Waals surface area contributed by atoms with Gasteiger partial charge in [0.2, 0.25) is 5.88 Å². The Morgan fingerprint density at radius 3 is 2.28 bits per heavy atom. The monoisotopic (exact) mass is 347 g/mol. The first-order valence-electron chi connectivity index (χ1n) is 6.78. The number of aromatic nitrogens is 2. The Labute approximate surface area is 139 Å². The molecule has 0 radical (unpaired) electrons. The van der Waals surface area contributed by atoms with Crippen LogP contribution in [0.3, 0.4) is 0 Å². The molecule has 25 heavy (non-hydrogen) atoms. The molecule has 0 saturated carbocycles. The van der Waals surface area contributed by atoms with E-state index < -0.39 is 29.1 Å². The highest BCUT2D eigenvalue weighted by Crippen LogP contribution is 2.22. The van der Waals surface area contributed by atoms with Crippen LogP contribution in [0, 0.1) is 0 Å². The maximum Gasteiger partial charge on any atom is 0.337 e. The fourth-order valence-electron chi connectivity index (χ4n) is 2.06. The van der Waals surface area contributed by atoms with Gasteiger partial charge in [0.1, 0.15) is 5.56 Å². The van der Waals surface area contributed by atoms with Gasteiger partial charge >= 0.3 is 17.6 Å². The Hall–Kier alpha value is -3.69. The minimum absolute atomic E-state index is 0.199. The third kappa shape index (κ3) is 3.17. The number of carboxylic acid groups (broad SMARTS) is 2. The highest BCUT2D eigenvalue weighted by molar-refractivity contribution is 5.98. The quantitative estimate of drug-likeness (QED) is 0.655. The molecular weight excluding hydrogens is 334 g/mol. The van der Waals surface area contributed by atoms with E-state index in [0.29, 0.717) is 0 Å². The van der Waals surface area contributed by atoms with Crippen LogP contribution in [0.4, 0.5) is 5.69 Å². The van der Waals surface area contributed by atoms with Crippen molar-refractivity contribution in [3.05, 3.63) is 55.7 Å². The maximum atomic E-state index is 12.1. The topological polar surface area (TPSA) is 151 Å². The van der Waals surface area contributed by atoms with E-state index in [1.165, 1.54) is 14.1 Å². The first-order valence-corrected chi connectivity index (χ1v) is 6.78. The normalized spacial score (nSPS) is 11.0. The van der Waals surface area contributed by atoms with Gasteiger partial charge in [-0.1, -0.05) is 0 Å².